The molecule has 5 aliphatic carbocycles. The van der Waals surface area contributed by atoms with E-state index in [0.717, 1.165) is 51.4 Å². The molecular formula is C22H26O4. The second-order valence-corrected chi connectivity index (χ2v) is 9.30. The molecule has 0 aromatic heterocycles. The molecule has 0 radical (unpaired) electrons. The van der Waals surface area contributed by atoms with Crippen LogP contribution in [0.4, 0.5) is 0 Å². The summed E-state index contributed by atoms with van der Waals surface area (Å²) < 4.78 is 5.51. The maximum absolute atomic E-state index is 12.9. The summed E-state index contributed by atoms with van der Waals surface area (Å²) in [5, 5.41) is 10.8. The Morgan fingerprint density at radius 3 is 2.54 bits per heavy atom. The first-order valence-corrected chi connectivity index (χ1v) is 9.99. The van der Waals surface area contributed by atoms with Gasteiger partial charge in [0.05, 0.1) is 11.0 Å². The Kier molecular flexibility index (Phi) is 3.59. The third-order valence-corrected chi connectivity index (χ3v) is 7.22. The average molecular weight is 354 g/mol. The molecule has 4 nitrogen and oxygen atoms in total. The van der Waals surface area contributed by atoms with Crippen LogP contribution in [-0.4, -0.2) is 29.1 Å². The molecule has 0 aliphatic heterocycles. The summed E-state index contributed by atoms with van der Waals surface area (Å²) in [7, 11) is 0. The number of carbonyl (C=O) groups excluding carboxylic acids is 2. The predicted octanol–water partition coefficient (Wildman–Crippen LogP) is 3.23. The third-order valence-electron chi connectivity index (χ3n) is 7.22. The van der Waals surface area contributed by atoms with Gasteiger partial charge in [-0.2, -0.15) is 0 Å². The smallest absolute Gasteiger partial charge is 0.312 e. The Hall–Kier alpha value is -1.68. The molecule has 138 valence electrons. The molecule has 0 heterocycles. The highest BCUT2D eigenvalue weighted by Crippen LogP contribution is 2.61. The lowest BCUT2D eigenvalue weighted by atomic mass is 9.48. The van der Waals surface area contributed by atoms with E-state index < -0.39 is 11.0 Å². The van der Waals surface area contributed by atoms with Crippen molar-refractivity contribution in [2.45, 2.75) is 63.4 Å². The highest BCUT2D eigenvalue weighted by Gasteiger charge is 2.60. The molecule has 5 aliphatic rings. The molecule has 1 aromatic rings. The summed E-state index contributed by atoms with van der Waals surface area (Å²) in [5.74, 6) is 0.471. The topological polar surface area (TPSA) is 63.6 Å². The van der Waals surface area contributed by atoms with Crippen molar-refractivity contribution < 1.29 is 19.4 Å². The van der Waals surface area contributed by atoms with Gasteiger partial charge < -0.3 is 9.84 Å². The lowest BCUT2D eigenvalue weighted by Gasteiger charge is -2.58. The van der Waals surface area contributed by atoms with E-state index in [1.807, 2.05) is 18.2 Å². The molecule has 4 atom stereocenters. The predicted molar refractivity (Wildman–Crippen MR) is 95.8 cm³/mol. The van der Waals surface area contributed by atoms with Crippen molar-refractivity contribution in [1.29, 1.82) is 0 Å². The minimum atomic E-state index is -0.687. The first-order chi connectivity index (χ1) is 12.4. The SMILES string of the molecule is O=C(COC(=O)C12C[C@@H]3C[C@@H](CC(O)(C3)C1)C2)c1ccc2c(c1)CCC2. The zero-order valence-corrected chi connectivity index (χ0v) is 15.1. The molecule has 4 saturated carbocycles. The zero-order valence-electron chi connectivity index (χ0n) is 15.1. The van der Waals surface area contributed by atoms with Crippen LogP contribution >= 0.6 is 0 Å². The zero-order chi connectivity index (χ0) is 17.9. The van der Waals surface area contributed by atoms with Crippen LogP contribution in [0.25, 0.3) is 0 Å². The number of hydrogen-bond donors (Lipinski definition) is 1. The van der Waals surface area contributed by atoms with Crippen LogP contribution in [0.15, 0.2) is 18.2 Å². The van der Waals surface area contributed by atoms with Crippen LogP contribution in [0.2, 0.25) is 0 Å². The number of aliphatic hydroxyl groups is 1. The fraction of sp³-hybridized carbons (Fsp3) is 0.636. The lowest BCUT2D eigenvalue weighted by Crippen LogP contribution is -2.58. The van der Waals surface area contributed by atoms with Crippen LogP contribution in [0.5, 0.6) is 0 Å². The van der Waals surface area contributed by atoms with Crippen LogP contribution in [0, 0.1) is 17.3 Å². The molecule has 0 saturated heterocycles. The minimum Gasteiger partial charge on any atom is -0.457 e. The van der Waals surface area contributed by atoms with Gasteiger partial charge in [-0.05, 0) is 86.8 Å². The highest BCUT2D eigenvalue weighted by atomic mass is 16.5. The normalized spacial score (nSPS) is 36.8. The number of esters is 1. The summed E-state index contributed by atoms with van der Waals surface area (Å²) >= 11 is 0. The van der Waals surface area contributed by atoms with Gasteiger partial charge in [0.25, 0.3) is 0 Å². The van der Waals surface area contributed by atoms with Gasteiger partial charge in [-0.1, -0.05) is 12.1 Å². The summed E-state index contributed by atoms with van der Waals surface area (Å²) in [6.07, 6.45) is 8.20. The van der Waals surface area contributed by atoms with E-state index in [2.05, 4.69) is 0 Å². The Bertz CT molecular complexity index is 766. The number of benzene rings is 1. The van der Waals surface area contributed by atoms with Gasteiger partial charge in [-0.15, -0.1) is 0 Å². The Balaban J connectivity index is 1.27. The number of carbonyl (C=O) groups is 2. The maximum atomic E-state index is 12.9. The van der Waals surface area contributed by atoms with E-state index in [4.69, 9.17) is 4.74 Å². The highest BCUT2D eigenvalue weighted by molar-refractivity contribution is 5.98. The van der Waals surface area contributed by atoms with E-state index in [1.165, 1.54) is 11.1 Å². The quantitative estimate of drug-likeness (QED) is 0.666. The molecule has 0 amide bonds. The first kappa shape index (κ1) is 16.5. The second-order valence-electron chi connectivity index (χ2n) is 9.30. The number of hydrogen-bond acceptors (Lipinski definition) is 4. The van der Waals surface area contributed by atoms with E-state index in [0.29, 0.717) is 23.8 Å². The molecule has 0 spiro atoms. The number of fused-ring (bicyclic) bond motifs is 1. The summed E-state index contributed by atoms with van der Waals surface area (Å²) in [6.45, 7) is -0.187. The van der Waals surface area contributed by atoms with Crippen molar-refractivity contribution in [3.05, 3.63) is 34.9 Å². The standard InChI is InChI=1S/C22H26O4/c23-19(18-5-4-16-2-1-3-17(16)7-18)12-26-20(24)21-8-14-6-15(9-21)11-22(25,10-14)13-21/h4-5,7,14-15,25H,1-3,6,8-13H2/t14-,15+,21?,22?. The molecule has 4 bridgehead atoms. The van der Waals surface area contributed by atoms with Crippen molar-refractivity contribution >= 4 is 11.8 Å². The largest absolute Gasteiger partial charge is 0.457 e. The number of ether oxygens (including phenoxy) is 1. The van der Waals surface area contributed by atoms with Crippen molar-refractivity contribution in [2.24, 2.45) is 17.3 Å². The molecule has 2 unspecified atom stereocenters. The first-order valence-electron chi connectivity index (χ1n) is 9.99. The Morgan fingerprint density at radius 1 is 1.08 bits per heavy atom. The molecular weight excluding hydrogens is 328 g/mol. The van der Waals surface area contributed by atoms with Gasteiger partial charge in [0.2, 0.25) is 0 Å². The van der Waals surface area contributed by atoms with Crippen LogP contribution < -0.4 is 0 Å². The van der Waals surface area contributed by atoms with E-state index >= 15 is 0 Å². The molecule has 1 N–H and O–H groups in total. The van der Waals surface area contributed by atoms with Crippen molar-refractivity contribution in [2.75, 3.05) is 6.61 Å². The van der Waals surface area contributed by atoms with E-state index in [1.54, 1.807) is 0 Å². The number of rotatable bonds is 4. The molecule has 1 aromatic carbocycles. The summed E-state index contributed by atoms with van der Waals surface area (Å²) in [4.78, 5) is 25.4. The van der Waals surface area contributed by atoms with Crippen molar-refractivity contribution in [3.63, 3.8) is 0 Å². The van der Waals surface area contributed by atoms with Gasteiger partial charge in [0, 0.05) is 5.56 Å². The minimum absolute atomic E-state index is 0.128. The van der Waals surface area contributed by atoms with Crippen LogP contribution in [0.1, 0.15) is 66.4 Å². The molecule has 4 fully saturated rings. The Labute approximate surface area is 153 Å². The summed E-state index contributed by atoms with van der Waals surface area (Å²) in [6, 6.07) is 5.85. The van der Waals surface area contributed by atoms with Gasteiger partial charge in [-0.3, -0.25) is 9.59 Å². The fourth-order valence-electron chi connectivity index (χ4n) is 6.57. The van der Waals surface area contributed by atoms with Crippen LogP contribution in [0.3, 0.4) is 0 Å². The van der Waals surface area contributed by atoms with Gasteiger partial charge in [-0.25, -0.2) is 0 Å². The van der Waals surface area contributed by atoms with Crippen molar-refractivity contribution in [3.8, 4) is 0 Å². The monoisotopic (exact) mass is 354 g/mol. The van der Waals surface area contributed by atoms with E-state index in [9.17, 15) is 14.7 Å². The molecule has 4 heteroatoms. The third kappa shape index (κ3) is 2.61. The molecule has 26 heavy (non-hydrogen) atoms. The average Bonchev–Trinajstić information content (AvgIpc) is 3.04. The van der Waals surface area contributed by atoms with Gasteiger partial charge >= 0.3 is 5.97 Å². The number of aryl methyl sites for hydroxylation is 2. The second kappa shape index (κ2) is 5.66. The van der Waals surface area contributed by atoms with Gasteiger partial charge in [0.15, 0.2) is 12.4 Å². The lowest BCUT2D eigenvalue weighted by molar-refractivity contribution is -0.195. The van der Waals surface area contributed by atoms with Gasteiger partial charge in [0.1, 0.15) is 0 Å². The fourth-order valence-corrected chi connectivity index (χ4v) is 6.57. The Morgan fingerprint density at radius 2 is 1.81 bits per heavy atom. The van der Waals surface area contributed by atoms with Crippen LogP contribution in [-0.2, 0) is 22.4 Å². The number of ketones is 1. The van der Waals surface area contributed by atoms with Crippen molar-refractivity contribution in [1.82, 2.24) is 0 Å². The maximum Gasteiger partial charge on any atom is 0.312 e. The number of Topliss-reactive ketones (excluding diaryl/α,β-unsaturated/α-hetero) is 1. The molecule has 6 rings (SSSR count). The van der Waals surface area contributed by atoms with E-state index in [-0.39, 0.29) is 18.4 Å². The summed E-state index contributed by atoms with van der Waals surface area (Å²) in [5.41, 5.74) is 1.98.